The van der Waals surface area contributed by atoms with Gasteiger partial charge in [-0.1, -0.05) is 49.2 Å². The summed E-state index contributed by atoms with van der Waals surface area (Å²) in [5.41, 5.74) is 4.80. The van der Waals surface area contributed by atoms with Crippen molar-refractivity contribution in [2.45, 2.75) is 62.8 Å². The first-order chi connectivity index (χ1) is 13.3. The Bertz CT molecular complexity index is 807. The number of hydrogen-bond acceptors (Lipinski definition) is 2. The Kier molecular flexibility index (Phi) is 5.85. The second-order valence-corrected chi connectivity index (χ2v) is 9.00. The molecule has 0 spiro atoms. The van der Waals surface area contributed by atoms with Crippen molar-refractivity contribution in [2.75, 3.05) is 13.1 Å². The Morgan fingerprint density at radius 2 is 1.89 bits per heavy atom. The molecule has 1 saturated heterocycles. The van der Waals surface area contributed by atoms with Crippen molar-refractivity contribution in [2.24, 2.45) is 5.92 Å². The topological polar surface area (TPSA) is 23.5 Å². The lowest BCUT2D eigenvalue weighted by Gasteiger charge is -2.59. The first-order valence-electron chi connectivity index (χ1n) is 10.9. The average Bonchev–Trinajstić information content (AvgIpc) is 2.71. The monoisotopic (exact) mass is 441 g/mol. The summed E-state index contributed by atoms with van der Waals surface area (Å²) in [6.45, 7) is 2.45. The van der Waals surface area contributed by atoms with Crippen molar-refractivity contribution in [1.29, 1.82) is 0 Å². The third kappa shape index (κ3) is 3.41. The summed E-state index contributed by atoms with van der Waals surface area (Å²) in [4.78, 5) is 2.81. The molecule has 3 heteroatoms. The third-order valence-electron chi connectivity index (χ3n) is 7.69. The molecule has 2 aromatic rings. The Morgan fingerprint density at radius 1 is 1.04 bits per heavy atom. The highest BCUT2D eigenvalue weighted by Gasteiger charge is 2.53. The van der Waals surface area contributed by atoms with E-state index in [1.165, 1.54) is 81.1 Å². The molecule has 1 N–H and O–H groups in total. The molecule has 3 aliphatic rings. The molecule has 28 heavy (non-hydrogen) atoms. The number of piperidine rings is 1. The zero-order chi connectivity index (χ0) is 18.3. The van der Waals surface area contributed by atoms with Crippen molar-refractivity contribution in [3.63, 3.8) is 0 Å². The van der Waals surface area contributed by atoms with Gasteiger partial charge < -0.3 is 5.11 Å². The highest BCUT2D eigenvalue weighted by molar-refractivity contribution is 8.93. The summed E-state index contributed by atoms with van der Waals surface area (Å²) in [6, 6.07) is 17.8. The van der Waals surface area contributed by atoms with Gasteiger partial charge >= 0.3 is 0 Å². The second kappa shape index (κ2) is 8.20. The summed E-state index contributed by atoms with van der Waals surface area (Å²) in [7, 11) is 0. The number of nitrogens with zero attached hydrogens (tertiary/aromatic N) is 1. The Labute approximate surface area is 179 Å². The number of aromatic hydroxyl groups is 1. The van der Waals surface area contributed by atoms with Crippen LogP contribution >= 0.6 is 17.0 Å². The van der Waals surface area contributed by atoms with Crippen molar-refractivity contribution >= 4 is 17.0 Å². The van der Waals surface area contributed by atoms with Gasteiger partial charge in [-0.2, -0.15) is 0 Å². The molecule has 1 saturated carbocycles. The van der Waals surface area contributed by atoms with Crippen LogP contribution in [0.4, 0.5) is 0 Å². The third-order valence-corrected chi connectivity index (χ3v) is 7.69. The van der Waals surface area contributed by atoms with Crippen molar-refractivity contribution < 1.29 is 5.11 Å². The fourth-order valence-electron chi connectivity index (χ4n) is 6.48. The molecule has 0 amide bonds. The minimum atomic E-state index is 0. The van der Waals surface area contributed by atoms with Crippen LogP contribution in [0.25, 0.3) is 0 Å². The van der Waals surface area contributed by atoms with E-state index in [-0.39, 0.29) is 17.0 Å². The number of aryl methyl sites for hydroxylation is 1. The summed E-state index contributed by atoms with van der Waals surface area (Å²) in [6.07, 6.45) is 10.3. The SMILES string of the molecule is Br.Oc1ccc2c(c1)[C@@]13CCCC[C@H]1[C@@H](C2)N(CCCc1ccccc1)CC3. The maximum atomic E-state index is 10.1. The summed E-state index contributed by atoms with van der Waals surface area (Å²) in [5.74, 6) is 1.24. The van der Waals surface area contributed by atoms with Crippen LogP contribution in [0.1, 0.15) is 55.2 Å². The number of phenols is 1. The number of likely N-dealkylation sites (tertiary alicyclic amines) is 1. The zero-order valence-corrected chi connectivity index (χ0v) is 18.4. The van der Waals surface area contributed by atoms with Gasteiger partial charge in [-0.25, -0.2) is 0 Å². The smallest absolute Gasteiger partial charge is 0.115 e. The zero-order valence-electron chi connectivity index (χ0n) is 16.6. The summed E-state index contributed by atoms with van der Waals surface area (Å²) in [5, 5.41) is 10.1. The van der Waals surface area contributed by atoms with Crippen LogP contribution in [-0.2, 0) is 18.3 Å². The van der Waals surface area contributed by atoms with Gasteiger partial charge in [0.05, 0.1) is 0 Å². The first kappa shape index (κ1) is 20.0. The van der Waals surface area contributed by atoms with Gasteiger partial charge in [-0.3, -0.25) is 4.90 Å². The maximum absolute atomic E-state index is 10.1. The van der Waals surface area contributed by atoms with Crippen molar-refractivity contribution in [3.8, 4) is 5.75 Å². The summed E-state index contributed by atoms with van der Waals surface area (Å²) < 4.78 is 0. The van der Waals surface area contributed by atoms with Crippen LogP contribution in [0.2, 0.25) is 0 Å². The lowest BCUT2D eigenvalue weighted by atomic mass is 9.52. The first-order valence-corrected chi connectivity index (χ1v) is 10.9. The standard InChI is InChI=1S/C25H31NO.BrH/c27-21-12-11-20-17-24-22-10-4-5-13-25(22,23(20)18-21)14-16-26(24)15-6-9-19-7-2-1-3-8-19;/h1-3,7-8,11-12,18,22,24,27H,4-6,9-10,13-17H2;1H/t22-,24+,25+;/m0./s1. The fourth-order valence-corrected chi connectivity index (χ4v) is 6.48. The Balaban J connectivity index is 0.00000192. The molecule has 2 bridgehead atoms. The highest BCUT2D eigenvalue weighted by Crippen LogP contribution is 2.56. The molecule has 0 aromatic heterocycles. The minimum Gasteiger partial charge on any atom is -0.508 e. The van der Waals surface area contributed by atoms with E-state index in [1.807, 2.05) is 6.07 Å². The van der Waals surface area contributed by atoms with Crippen LogP contribution in [0, 0.1) is 5.92 Å². The van der Waals surface area contributed by atoms with Gasteiger partial charge in [-0.15, -0.1) is 17.0 Å². The molecular formula is C25H32BrNO. The van der Waals surface area contributed by atoms with E-state index in [4.69, 9.17) is 0 Å². The number of rotatable bonds is 4. The Hall–Kier alpha value is -1.32. The van der Waals surface area contributed by atoms with Crippen molar-refractivity contribution in [3.05, 3.63) is 65.2 Å². The van der Waals surface area contributed by atoms with E-state index >= 15 is 0 Å². The number of benzene rings is 2. The predicted octanol–water partition coefficient (Wildman–Crippen LogP) is 5.66. The molecular weight excluding hydrogens is 410 g/mol. The highest BCUT2D eigenvalue weighted by atomic mass is 79.9. The van der Waals surface area contributed by atoms with Gasteiger partial charge in [0.2, 0.25) is 0 Å². The lowest BCUT2D eigenvalue weighted by Crippen LogP contribution is -2.61. The molecule has 150 valence electrons. The quantitative estimate of drug-likeness (QED) is 0.661. The largest absolute Gasteiger partial charge is 0.508 e. The predicted molar refractivity (Wildman–Crippen MR) is 121 cm³/mol. The van der Waals surface area contributed by atoms with Gasteiger partial charge in [0, 0.05) is 11.5 Å². The van der Waals surface area contributed by atoms with Crippen molar-refractivity contribution in [1.82, 2.24) is 4.90 Å². The van der Waals surface area contributed by atoms with E-state index in [2.05, 4.69) is 47.4 Å². The van der Waals surface area contributed by atoms with E-state index in [9.17, 15) is 5.11 Å². The molecule has 2 aromatic carbocycles. The number of hydrogen-bond donors (Lipinski definition) is 1. The van der Waals surface area contributed by atoms with Gasteiger partial charge in [-0.05, 0) is 86.4 Å². The number of fused-ring (bicyclic) bond motifs is 1. The average molecular weight is 442 g/mol. The van der Waals surface area contributed by atoms with Crippen LogP contribution in [0.15, 0.2) is 48.5 Å². The molecule has 1 heterocycles. The molecule has 2 aliphatic carbocycles. The van der Waals surface area contributed by atoms with E-state index in [1.54, 1.807) is 0 Å². The van der Waals surface area contributed by atoms with Gasteiger partial charge in [0.15, 0.2) is 0 Å². The van der Waals surface area contributed by atoms with E-state index in [0.717, 1.165) is 5.92 Å². The molecule has 2 nitrogen and oxygen atoms in total. The van der Waals surface area contributed by atoms with Gasteiger partial charge in [0.25, 0.3) is 0 Å². The molecule has 5 rings (SSSR count). The second-order valence-electron chi connectivity index (χ2n) is 9.00. The molecule has 0 unspecified atom stereocenters. The molecule has 2 fully saturated rings. The minimum absolute atomic E-state index is 0. The van der Waals surface area contributed by atoms with Crippen LogP contribution < -0.4 is 0 Å². The molecule has 1 aliphatic heterocycles. The molecule has 3 atom stereocenters. The lowest BCUT2D eigenvalue weighted by molar-refractivity contribution is -0.0116. The van der Waals surface area contributed by atoms with Crippen LogP contribution in [0.5, 0.6) is 5.75 Å². The number of phenolic OH excluding ortho intramolecular Hbond substituents is 1. The van der Waals surface area contributed by atoms with E-state index in [0.29, 0.717) is 17.2 Å². The maximum Gasteiger partial charge on any atom is 0.115 e. The fraction of sp³-hybridized carbons (Fsp3) is 0.520. The normalized spacial score (nSPS) is 28.7. The summed E-state index contributed by atoms with van der Waals surface area (Å²) >= 11 is 0. The molecule has 0 radical (unpaired) electrons. The Morgan fingerprint density at radius 3 is 2.75 bits per heavy atom. The van der Waals surface area contributed by atoms with Crippen LogP contribution in [0.3, 0.4) is 0 Å². The van der Waals surface area contributed by atoms with Gasteiger partial charge in [0.1, 0.15) is 5.75 Å². The van der Waals surface area contributed by atoms with E-state index < -0.39 is 0 Å². The van der Waals surface area contributed by atoms with Crippen LogP contribution in [-0.4, -0.2) is 29.1 Å². The number of halogens is 1.